The fourth-order valence-corrected chi connectivity index (χ4v) is 2.98. The van der Waals surface area contributed by atoms with Gasteiger partial charge in [-0.25, -0.2) is 9.19 Å². The quantitative estimate of drug-likeness (QED) is 0.826. The van der Waals surface area contributed by atoms with Crippen molar-refractivity contribution in [1.82, 2.24) is 4.98 Å². The van der Waals surface area contributed by atoms with Crippen LogP contribution in [-0.4, -0.2) is 13.7 Å². The summed E-state index contributed by atoms with van der Waals surface area (Å²) in [6.07, 6.45) is 6.42. The first-order valence-corrected chi connectivity index (χ1v) is 7.09. The molecule has 16 heavy (non-hydrogen) atoms. The van der Waals surface area contributed by atoms with Crippen LogP contribution in [0.1, 0.15) is 30.0 Å². The lowest BCUT2D eigenvalue weighted by Gasteiger charge is -2.00. The third-order valence-electron chi connectivity index (χ3n) is 2.41. The van der Waals surface area contributed by atoms with E-state index in [1.807, 2.05) is 18.4 Å². The summed E-state index contributed by atoms with van der Waals surface area (Å²) in [6, 6.07) is 0. The Hall–Kier alpha value is -0.780. The van der Waals surface area contributed by atoms with Gasteiger partial charge in [0.2, 0.25) is 0 Å². The third-order valence-corrected chi connectivity index (χ3v) is 4.13. The molecule has 5 heteroatoms. The van der Waals surface area contributed by atoms with E-state index in [1.54, 1.807) is 17.4 Å². The normalized spacial score (nSPS) is 18.6. The molecule has 3 nitrogen and oxygen atoms in total. The molecule has 2 rings (SSSR count). The zero-order valence-corrected chi connectivity index (χ0v) is 10.6. The van der Waals surface area contributed by atoms with Gasteiger partial charge in [-0.1, -0.05) is 6.08 Å². The smallest absolute Gasteiger partial charge is 0.186 e. The highest BCUT2D eigenvalue weighted by Gasteiger charge is 2.12. The molecule has 1 N–H and O–H groups in total. The summed E-state index contributed by atoms with van der Waals surface area (Å²) < 4.78 is 20.2. The maximum atomic E-state index is 11.1. The summed E-state index contributed by atoms with van der Waals surface area (Å²) in [6.45, 7) is 1.96. The standard InChI is InChI=1S/C11H13NO2S2/c1-8-7-15-11(12-8)9-4-2-3-5-10(6-9)16(13)14/h5-7H,2-4H2,1H3,(H,13,14). The highest BCUT2D eigenvalue weighted by atomic mass is 32.2. The van der Waals surface area contributed by atoms with E-state index in [4.69, 9.17) is 4.55 Å². The molecule has 86 valence electrons. The minimum atomic E-state index is -1.89. The third kappa shape index (κ3) is 2.66. The van der Waals surface area contributed by atoms with Gasteiger partial charge in [-0.15, -0.1) is 11.3 Å². The van der Waals surface area contributed by atoms with E-state index in [1.165, 1.54) is 0 Å². The number of nitrogens with zero attached hydrogens (tertiary/aromatic N) is 1. The van der Waals surface area contributed by atoms with Crippen LogP contribution in [0.2, 0.25) is 0 Å². The number of allylic oxidation sites excluding steroid dienone is 3. The maximum absolute atomic E-state index is 11.1. The molecular formula is C11H13NO2S2. The van der Waals surface area contributed by atoms with Crippen molar-refractivity contribution < 1.29 is 8.76 Å². The average molecular weight is 255 g/mol. The molecule has 0 saturated carbocycles. The Kier molecular flexibility index (Phi) is 3.68. The number of hydrogen-bond donors (Lipinski definition) is 1. The molecule has 0 bridgehead atoms. The summed E-state index contributed by atoms with van der Waals surface area (Å²) in [4.78, 5) is 4.91. The molecule has 0 spiro atoms. The van der Waals surface area contributed by atoms with E-state index in [-0.39, 0.29) is 0 Å². The van der Waals surface area contributed by atoms with Crippen LogP contribution in [0.3, 0.4) is 0 Å². The maximum Gasteiger partial charge on any atom is 0.186 e. The average Bonchev–Trinajstić information content (AvgIpc) is 2.54. The van der Waals surface area contributed by atoms with Crippen LogP contribution in [0.25, 0.3) is 5.57 Å². The Morgan fingerprint density at radius 2 is 2.38 bits per heavy atom. The number of rotatable bonds is 2. The Morgan fingerprint density at radius 1 is 1.56 bits per heavy atom. The van der Waals surface area contributed by atoms with Crippen molar-refractivity contribution in [3.05, 3.63) is 33.1 Å². The van der Waals surface area contributed by atoms with Gasteiger partial charge in [-0.05, 0) is 37.8 Å². The van der Waals surface area contributed by atoms with Gasteiger partial charge in [0.25, 0.3) is 0 Å². The van der Waals surface area contributed by atoms with E-state index < -0.39 is 11.1 Å². The van der Waals surface area contributed by atoms with Crippen LogP contribution < -0.4 is 0 Å². The number of aryl methyl sites for hydroxylation is 1. The Bertz CT molecular complexity index is 474. The second-order valence-electron chi connectivity index (χ2n) is 3.71. The van der Waals surface area contributed by atoms with Gasteiger partial charge in [0.1, 0.15) is 5.01 Å². The first kappa shape index (κ1) is 11.7. The minimum Gasteiger partial charge on any atom is -0.302 e. The molecule has 0 fully saturated rings. The van der Waals surface area contributed by atoms with Crippen LogP contribution in [0.5, 0.6) is 0 Å². The zero-order valence-electron chi connectivity index (χ0n) is 8.97. The van der Waals surface area contributed by atoms with Gasteiger partial charge in [-0.2, -0.15) is 0 Å². The molecule has 1 aromatic rings. The molecule has 0 aromatic carbocycles. The van der Waals surface area contributed by atoms with E-state index in [2.05, 4.69) is 4.98 Å². The molecule has 1 aliphatic carbocycles. The summed E-state index contributed by atoms with van der Waals surface area (Å²) in [5, 5.41) is 2.97. The molecule has 1 aliphatic rings. The number of thiazole rings is 1. The van der Waals surface area contributed by atoms with Gasteiger partial charge in [0, 0.05) is 11.1 Å². The van der Waals surface area contributed by atoms with E-state index >= 15 is 0 Å². The van der Waals surface area contributed by atoms with Gasteiger partial charge in [0.15, 0.2) is 11.1 Å². The second kappa shape index (κ2) is 5.03. The van der Waals surface area contributed by atoms with Crippen molar-refractivity contribution in [2.24, 2.45) is 0 Å². The lowest BCUT2D eigenvalue weighted by Crippen LogP contribution is -1.90. The number of aromatic nitrogens is 1. The molecule has 1 aromatic heterocycles. The SMILES string of the molecule is Cc1csc(C2=CC(S(=O)O)=CCCC2)n1. The summed E-state index contributed by atoms with van der Waals surface area (Å²) >= 11 is -0.297. The first-order valence-electron chi connectivity index (χ1n) is 5.11. The van der Waals surface area contributed by atoms with Crippen LogP contribution in [-0.2, 0) is 11.1 Å². The Labute approximate surface area is 101 Å². The zero-order chi connectivity index (χ0) is 11.5. The summed E-state index contributed by atoms with van der Waals surface area (Å²) in [7, 11) is 0. The minimum absolute atomic E-state index is 0.500. The van der Waals surface area contributed by atoms with E-state index in [0.29, 0.717) is 4.91 Å². The monoisotopic (exact) mass is 255 g/mol. The Morgan fingerprint density at radius 3 is 3.00 bits per heavy atom. The number of hydrogen-bond acceptors (Lipinski definition) is 3. The summed E-state index contributed by atoms with van der Waals surface area (Å²) in [5.74, 6) is 0. The Balaban J connectivity index is 2.33. The molecule has 0 saturated heterocycles. The van der Waals surface area contributed by atoms with Gasteiger partial charge in [0.05, 0.1) is 4.91 Å². The van der Waals surface area contributed by atoms with Crippen molar-refractivity contribution in [3.63, 3.8) is 0 Å². The van der Waals surface area contributed by atoms with Gasteiger partial charge >= 0.3 is 0 Å². The highest BCUT2D eigenvalue weighted by molar-refractivity contribution is 7.83. The molecule has 0 amide bonds. The fourth-order valence-electron chi connectivity index (χ4n) is 1.63. The molecule has 1 unspecified atom stereocenters. The van der Waals surface area contributed by atoms with Crippen molar-refractivity contribution >= 4 is 28.0 Å². The predicted octanol–water partition coefficient (Wildman–Crippen LogP) is 3.12. The van der Waals surface area contributed by atoms with Crippen LogP contribution in [0.4, 0.5) is 0 Å². The van der Waals surface area contributed by atoms with Crippen molar-refractivity contribution in [1.29, 1.82) is 0 Å². The molecule has 1 heterocycles. The van der Waals surface area contributed by atoms with Crippen molar-refractivity contribution in [3.8, 4) is 0 Å². The fraction of sp³-hybridized carbons (Fsp3) is 0.364. The van der Waals surface area contributed by atoms with E-state index in [9.17, 15) is 4.21 Å². The largest absolute Gasteiger partial charge is 0.302 e. The van der Waals surface area contributed by atoms with Crippen molar-refractivity contribution in [2.45, 2.75) is 26.2 Å². The van der Waals surface area contributed by atoms with Gasteiger partial charge in [-0.3, -0.25) is 0 Å². The molecule has 1 atom stereocenters. The lowest BCUT2D eigenvalue weighted by atomic mass is 10.1. The highest BCUT2D eigenvalue weighted by Crippen LogP contribution is 2.28. The predicted molar refractivity (Wildman–Crippen MR) is 67.5 cm³/mol. The summed E-state index contributed by atoms with van der Waals surface area (Å²) in [5.41, 5.74) is 2.07. The second-order valence-corrected chi connectivity index (χ2v) is 5.54. The lowest BCUT2D eigenvalue weighted by molar-refractivity contribution is 0.572. The molecular weight excluding hydrogens is 242 g/mol. The van der Waals surface area contributed by atoms with Crippen molar-refractivity contribution in [2.75, 3.05) is 0 Å². The molecule has 0 aliphatic heterocycles. The first-order chi connectivity index (χ1) is 7.66. The van der Waals surface area contributed by atoms with Gasteiger partial charge < -0.3 is 4.55 Å². The van der Waals surface area contributed by atoms with Crippen LogP contribution >= 0.6 is 11.3 Å². The van der Waals surface area contributed by atoms with Crippen LogP contribution in [0.15, 0.2) is 22.4 Å². The van der Waals surface area contributed by atoms with Crippen LogP contribution in [0, 0.1) is 6.92 Å². The topological polar surface area (TPSA) is 50.2 Å². The van der Waals surface area contributed by atoms with E-state index in [0.717, 1.165) is 35.5 Å². The molecule has 0 radical (unpaired) electrons.